The number of unbranched alkanes of at least 4 members (excludes halogenated alkanes) is 1. The lowest BCUT2D eigenvalue weighted by molar-refractivity contribution is 0.161. The zero-order valence-electron chi connectivity index (χ0n) is 10.9. The maximum Gasteiger partial charge on any atom is 0.138 e. The van der Waals surface area contributed by atoms with Crippen LogP contribution in [-0.2, 0) is 0 Å². The number of rotatable bonds is 6. The molecular weight excluding hydrogens is 210 g/mol. The Labute approximate surface area is 104 Å². The minimum absolute atomic E-state index is 0.293. The van der Waals surface area contributed by atoms with Crippen molar-refractivity contribution in [3.63, 3.8) is 0 Å². The largest absolute Gasteiger partial charge is 0.482 e. The number of pyridine rings is 1. The highest BCUT2D eigenvalue weighted by Crippen LogP contribution is 2.18. The van der Waals surface area contributed by atoms with Crippen molar-refractivity contribution in [1.82, 2.24) is 4.98 Å². The van der Waals surface area contributed by atoms with E-state index in [-0.39, 0.29) is 5.60 Å². The number of allylic oxidation sites excluding steroid dienone is 3. The van der Waals surface area contributed by atoms with Crippen molar-refractivity contribution in [2.75, 3.05) is 0 Å². The van der Waals surface area contributed by atoms with Gasteiger partial charge in [-0.25, -0.2) is 0 Å². The molecule has 0 aliphatic heterocycles. The molecule has 0 saturated heterocycles. The fourth-order valence-electron chi connectivity index (χ4n) is 1.47. The summed E-state index contributed by atoms with van der Waals surface area (Å²) in [6.45, 7) is 6.14. The molecule has 1 aromatic heterocycles. The van der Waals surface area contributed by atoms with Crippen LogP contribution in [-0.4, -0.2) is 10.6 Å². The molecular formula is C15H21NO. The fraction of sp³-hybridized carbons (Fsp3) is 0.400. The van der Waals surface area contributed by atoms with E-state index in [0.717, 1.165) is 18.6 Å². The quantitative estimate of drug-likeness (QED) is 0.542. The molecule has 1 aromatic rings. The summed E-state index contributed by atoms with van der Waals surface area (Å²) in [5.74, 6) is 0.801. The second-order valence-corrected chi connectivity index (χ2v) is 4.44. The Morgan fingerprint density at radius 3 is 2.71 bits per heavy atom. The maximum atomic E-state index is 5.84. The van der Waals surface area contributed by atoms with Crippen molar-refractivity contribution in [3.8, 4) is 5.75 Å². The van der Waals surface area contributed by atoms with Gasteiger partial charge in [-0.1, -0.05) is 18.2 Å². The van der Waals surface area contributed by atoms with Crippen LogP contribution in [0, 0.1) is 0 Å². The third-order valence-corrected chi connectivity index (χ3v) is 2.27. The molecule has 0 saturated carbocycles. The third kappa shape index (κ3) is 5.91. The average molecular weight is 231 g/mol. The molecule has 0 radical (unpaired) electrons. The molecule has 1 heterocycles. The summed E-state index contributed by atoms with van der Waals surface area (Å²) in [5, 5.41) is 0. The standard InChI is InChI=1S/C15H21NO/c1-4-5-6-7-8-11-15(2,3)17-14-10-9-12-16-13-14/h4-5,8-13H,6-7H2,1-3H3/b5-4+,11-8+. The minimum atomic E-state index is -0.293. The van der Waals surface area contributed by atoms with E-state index in [1.54, 1.807) is 12.4 Å². The number of hydrogen-bond donors (Lipinski definition) is 0. The minimum Gasteiger partial charge on any atom is -0.482 e. The molecule has 2 heteroatoms. The van der Waals surface area contributed by atoms with Crippen molar-refractivity contribution in [2.24, 2.45) is 0 Å². The molecule has 0 aliphatic carbocycles. The summed E-state index contributed by atoms with van der Waals surface area (Å²) >= 11 is 0. The average Bonchev–Trinajstić information content (AvgIpc) is 2.29. The van der Waals surface area contributed by atoms with Crippen LogP contribution < -0.4 is 4.74 Å². The first-order chi connectivity index (χ1) is 8.14. The Morgan fingerprint density at radius 1 is 1.29 bits per heavy atom. The highest BCUT2D eigenvalue weighted by Gasteiger charge is 2.14. The SMILES string of the molecule is C/C=C/CC/C=C/C(C)(C)Oc1cccnc1. The van der Waals surface area contributed by atoms with Gasteiger partial charge < -0.3 is 4.74 Å². The summed E-state index contributed by atoms with van der Waals surface area (Å²) in [6.07, 6.45) is 14.1. The van der Waals surface area contributed by atoms with Gasteiger partial charge in [0.1, 0.15) is 11.4 Å². The molecule has 0 aromatic carbocycles. The summed E-state index contributed by atoms with van der Waals surface area (Å²) in [4.78, 5) is 4.03. The van der Waals surface area contributed by atoms with E-state index in [0.29, 0.717) is 0 Å². The first-order valence-electron chi connectivity index (χ1n) is 6.02. The number of nitrogens with zero attached hydrogens (tertiary/aromatic N) is 1. The van der Waals surface area contributed by atoms with E-state index in [2.05, 4.69) is 29.3 Å². The van der Waals surface area contributed by atoms with E-state index >= 15 is 0 Å². The molecule has 17 heavy (non-hydrogen) atoms. The molecule has 0 spiro atoms. The Kier molecular flexibility index (Phi) is 5.47. The molecule has 0 fully saturated rings. The molecule has 0 amide bonds. The zero-order valence-corrected chi connectivity index (χ0v) is 10.9. The van der Waals surface area contributed by atoms with Crippen LogP contribution in [0.4, 0.5) is 0 Å². The number of aromatic nitrogens is 1. The van der Waals surface area contributed by atoms with Gasteiger partial charge in [-0.05, 0) is 51.8 Å². The van der Waals surface area contributed by atoms with Crippen molar-refractivity contribution in [1.29, 1.82) is 0 Å². The predicted octanol–water partition coefficient (Wildman–Crippen LogP) is 4.15. The van der Waals surface area contributed by atoms with Crippen LogP contribution in [0.25, 0.3) is 0 Å². The molecule has 0 unspecified atom stereocenters. The second-order valence-electron chi connectivity index (χ2n) is 4.44. The van der Waals surface area contributed by atoms with Crippen LogP contribution in [0.15, 0.2) is 48.8 Å². The molecule has 2 nitrogen and oxygen atoms in total. The van der Waals surface area contributed by atoms with Crippen molar-refractivity contribution >= 4 is 0 Å². The van der Waals surface area contributed by atoms with Gasteiger partial charge in [0.15, 0.2) is 0 Å². The molecule has 0 N–H and O–H groups in total. The third-order valence-electron chi connectivity index (χ3n) is 2.27. The van der Waals surface area contributed by atoms with E-state index < -0.39 is 0 Å². The fourth-order valence-corrected chi connectivity index (χ4v) is 1.47. The van der Waals surface area contributed by atoms with Gasteiger partial charge in [0.05, 0.1) is 6.20 Å². The molecule has 0 atom stereocenters. The first kappa shape index (κ1) is 13.5. The monoisotopic (exact) mass is 231 g/mol. The van der Waals surface area contributed by atoms with E-state index in [1.165, 1.54) is 0 Å². The van der Waals surface area contributed by atoms with Crippen LogP contribution in [0.2, 0.25) is 0 Å². The number of ether oxygens (including phenoxy) is 1. The van der Waals surface area contributed by atoms with Crippen LogP contribution >= 0.6 is 0 Å². The van der Waals surface area contributed by atoms with Crippen LogP contribution in [0.5, 0.6) is 5.75 Å². The summed E-state index contributed by atoms with van der Waals surface area (Å²) in [7, 11) is 0. The van der Waals surface area contributed by atoms with Crippen LogP contribution in [0.3, 0.4) is 0 Å². The lowest BCUT2D eigenvalue weighted by Gasteiger charge is -2.22. The van der Waals surface area contributed by atoms with Gasteiger partial charge in [-0.3, -0.25) is 4.98 Å². The smallest absolute Gasteiger partial charge is 0.138 e. The van der Waals surface area contributed by atoms with Gasteiger partial charge in [0.2, 0.25) is 0 Å². The van der Waals surface area contributed by atoms with Crippen molar-refractivity contribution < 1.29 is 4.74 Å². The second kappa shape index (κ2) is 6.89. The Morgan fingerprint density at radius 2 is 2.06 bits per heavy atom. The molecule has 1 rings (SSSR count). The highest BCUT2D eigenvalue weighted by atomic mass is 16.5. The lowest BCUT2D eigenvalue weighted by Crippen LogP contribution is -2.25. The van der Waals surface area contributed by atoms with Gasteiger partial charge in [-0.2, -0.15) is 0 Å². The Hall–Kier alpha value is -1.57. The molecule has 0 bridgehead atoms. The lowest BCUT2D eigenvalue weighted by atomic mass is 10.1. The summed E-state index contributed by atoms with van der Waals surface area (Å²) in [5.41, 5.74) is -0.293. The van der Waals surface area contributed by atoms with E-state index in [1.807, 2.05) is 32.9 Å². The van der Waals surface area contributed by atoms with Gasteiger partial charge in [0, 0.05) is 6.20 Å². The zero-order chi connectivity index (χ0) is 12.6. The topological polar surface area (TPSA) is 22.1 Å². The maximum absolute atomic E-state index is 5.84. The van der Waals surface area contributed by atoms with E-state index in [9.17, 15) is 0 Å². The summed E-state index contributed by atoms with van der Waals surface area (Å²) in [6, 6.07) is 3.80. The van der Waals surface area contributed by atoms with E-state index in [4.69, 9.17) is 4.74 Å². The summed E-state index contributed by atoms with van der Waals surface area (Å²) < 4.78 is 5.84. The van der Waals surface area contributed by atoms with Gasteiger partial charge in [-0.15, -0.1) is 0 Å². The van der Waals surface area contributed by atoms with Crippen molar-refractivity contribution in [3.05, 3.63) is 48.8 Å². The van der Waals surface area contributed by atoms with Crippen LogP contribution in [0.1, 0.15) is 33.6 Å². The normalized spacial score (nSPS) is 12.4. The molecule has 92 valence electrons. The van der Waals surface area contributed by atoms with Gasteiger partial charge in [0.25, 0.3) is 0 Å². The van der Waals surface area contributed by atoms with Gasteiger partial charge >= 0.3 is 0 Å². The van der Waals surface area contributed by atoms with Crippen molar-refractivity contribution in [2.45, 2.75) is 39.2 Å². The highest BCUT2D eigenvalue weighted by molar-refractivity contribution is 5.18. The first-order valence-corrected chi connectivity index (χ1v) is 6.02. The number of hydrogen-bond acceptors (Lipinski definition) is 2. The predicted molar refractivity (Wildman–Crippen MR) is 72.1 cm³/mol. The Bertz CT molecular complexity index is 366. The molecule has 0 aliphatic rings. The Balaban J connectivity index is 2.45.